The van der Waals surface area contributed by atoms with Gasteiger partial charge in [0.15, 0.2) is 0 Å². The predicted molar refractivity (Wildman–Crippen MR) is 85.4 cm³/mol. The smallest absolute Gasteiger partial charge is 0.254 e. The highest BCUT2D eigenvalue weighted by Gasteiger charge is 2.16. The summed E-state index contributed by atoms with van der Waals surface area (Å²) in [4.78, 5) is 27.2. The van der Waals surface area contributed by atoms with Crippen molar-refractivity contribution in [1.82, 2.24) is 10.2 Å². The minimum absolute atomic E-state index is 0.0202. The molecule has 0 radical (unpaired) electrons. The molecule has 0 saturated heterocycles. The molecule has 21 heavy (non-hydrogen) atoms. The Hall–Kier alpha value is -2.24. The van der Waals surface area contributed by atoms with E-state index < -0.39 is 0 Å². The molecule has 0 aromatic heterocycles. The lowest BCUT2D eigenvalue weighted by Gasteiger charge is -2.20. The van der Waals surface area contributed by atoms with E-state index in [2.05, 4.69) is 5.32 Å². The fraction of sp³-hybridized carbons (Fsp3) is 0.467. The Bertz CT molecular complexity index is 526. The van der Waals surface area contributed by atoms with Gasteiger partial charge in [0.1, 0.15) is 0 Å². The summed E-state index contributed by atoms with van der Waals surface area (Å²) < 4.78 is 0. The summed E-state index contributed by atoms with van der Waals surface area (Å²) in [5.41, 5.74) is 7.79. The second-order valence-corrected chi connectivity index (χ2v) is 5.55. The maximum absolute atomic E-state index is 12.3. The molecule has 1 aromatic carbocycles. The molecule has 1 rings (SSSR count). The van der Waals surface area contributed by atoms with Crippen molar-refractivity contribution in [1.29, 1.82) is 0 Å². The lowest BCUT2D eigenvalue weighted by molar-refractivity contribution is -0.122. The van der Waals surface area contributed by atoms with Crippen molar-refractivity contribution in [2.45, 2.75) is 19.9 Å². The number of hydrogen-bond donors (Lipinski definition) is 2. The number of benzene rings is 1. The number of amides is 2. The van der Waals surface area contributed by atoms with Crippen molar-refractivity contribution in [2.24, 2.45) is 0 Å². The first-order valence-electron chi connectivity index (χ1n) is 6.84. The van der Waals surface area contributed by atoms with Crippen LogP contribution >= 0.6 is 0 Å². The number of anilines is 2. The van der Waals surface area contributed by atoms with Gasteiger partial charge in [0.05, 0.1) is 17.9 Å². The van der Waals surface area contributed by atoms with Gasteiger partial charge in [0.2, 0.25) is 5.91 Å². The van der Waals surface area contributed by atoms with Crippen LogP contribution in [0.4, 0.5) is 11.4 Å². The molecule has 6 nitrogen and oxygen atoms in total. The third kappa shape index (κ3) is 4.66. The van der Waals surface area contributed by atoms with Crippen LogP contribution in [0.15, 0.2) is 18.2 Å². The third-order valence-electron chi connectivity index (χ3n) is 2.93. The van der Waals surface area contributed by atoms with Crippen LogP contribution in [0.2, 0.25) is 0 Å². The first kappa shape index (κ1) is 16.8. The lowest BCUT2D eigenvalue weighted by Crippen LogP contribution is -2.40. The van der Waals surface area contributed by atoms with E-state index in [4.69, 9.17) is 5.73 Å². The number of hydrogen-bond acceptors (Lipinski definition) is 4. The molecule has 1 aromatic rings. The zero-order valence-corrected chi connectivity index (χ0v) is 13.3. The molecule has 0 atom stereocenters. The fourth-order valence-corrected chi connectivity index (χ4v) is 1.97. The predicted octanol–water partition coefficient (Wildman–Crippen LogP) is 0.931. The van der Waals surface area contributed by atoms with Crippen molar-refractivity contribution < 1.29 is 9.59 Å². The Labute approximate surface area is 125 Å². The molecule has 0 saturated carbocycles. The number of carbonyl (C=O) groups excluding carboxylic acids is 2. The van der Waals surface area contributed by atoms with Crippen molar-refractivity contribution in [3.05, 3.63) is 23.8 Å². The quantitative estimate of drug-likeness (QED) is 0.791. The highest BCUT2D eigenvalue weighted by Crippen LogP contribution is 2.22. The molecule has 0 fully saturated rings. The second kappa shape index (κ2) is 6.97. The van der Waals surface area contributed by atoms with Gasteiger partial charge in [-0.05, 0) is 32.0 Å². The molecule has 2 amide bonds. The van der Waals surface area contributed by atoms with Crippen LogP contribution in [0.3, 0.4) is 0 Å². The Morgan fingerprint density at radius 3 is 2.33 bits per heavy atom. The van der Waals surface area contributed by atoms with Crippen molar-refractivity contribution in [3.8, 4) is 0 Å². The summed E-state index contributed by atoms with van der Waals surface area (Å²) in [6, 6.07) is 5.19. The maximum atomic E-state index is 12.3. The second-order valence-electron chi connectivity index (χ2n) is 5.55. The van der Waals surface area contributed by atoms with Crippen molar-refractivity contribution in [2.75, 3.05) is 38.3 Å². The largest absolute Gasteiger partial charge is 0.397 e. The summed E-state index contributed by atoms with van der Waals surface area (Å²) in [6.07, 6.45) is 0. The molecule has 0 heterocycles. The van der Waals surface area contributed by atoms with Gasteiger partial charge in [0.25, 0.3) is 5.91 Å². The lowest BCUT2D eigenvalue weighted by atomic mass is 10.1. The molecule has 116 valence electrons. The van der Waals surface area contributed by atoms with Crippen LogP contribution < -0.4 is 16.0 Å². The fourth-order valence-electron chi connectivity index (χ4n) is 1.97. The molecular weight excluding hydrogens is 268 g/mol. The molecule has 0 unspecified atom stereocenters. The maximum Gasteiger partial charge on any atom is 0.254 e. The van der Waals surface area contributed by atoms with E-state index in [1.165, 1.54) is 4.90 Å². The Morgan fingerprint density at radius 2 is 1.86 bits per heavy atom. The van der Waals surface area contributed by atoms with Crippen LogP contribution in [0.1, 0.15) is 24.2 Å². The zero-order valence-electron chi connectivity index (χ0n) is 13.3. The van der Waals surface area contributed by atoms with Crippen LogP contribution in [-0.4, -0.2) is 50.4 Å². The highest BCUT2D eigenvalue weighted by molar-refractivity contribution is 5.98. The molecule has 3 N–H and O–H groups in total. The van der Waals surface area contributed by atoms with Gasteiger partial charge >= 0.3 is 0 Å². The number of nitrogens with two attached hydrogens (primary N) is 1. The van der Waals surface area contributed by atoms with Gasteiger partial charge in [-0.2, -0.15) is 0 Å². The van der Waals surface area contributed by atoms with E-state index in [-0.39, 0.29) is 24.4 Å². The SMILES string of the molecule is CC(C)NC(=O)CN(C)C(=O)c1ccc(N(C)C)c(N)c1. The van der Waals surface area contributed by atoms with E-state index in [9.17, 15) is 9.59 Å². The average molecular weight is 292 g/mol. The number of nitrogen functional groups attached to an aromatic ring is 1. The Morgan fingerprint density at radius 1 is 1.24 bits per heavy atom. The van der Waals surface area contributed by atoms with E-state index in [0.717, 1.165) is 5.69 Å². The number of carbonyl (C=O) groups is 2. The summed E-state index contributed by atoms with van der Waals surface area (Å²) in [6.45, 7) is 3.77. The number of likely N-dealkylation sites (N-methyl/N-ethyl adjacent to an activating group) is 1. The van der Waals surface area contributed by atoms with Gasteiger partial charge in [-0.25, -0.2) is 0 Å². The standard InChI is InChI=1S/C15H24N4O2/c1-10(2)17-14(20)9-19(5)15(21)11-6-7-13(18(3)4)12(16)8-11/h6-8,10H,9,16H2,1-5H3,(H,17,20). The Kier molecular flexibility index (Phi) is 5.58. The van der Waals surface area contributed by atoms with E-state index in [0.29, 0.717) is 11.3 Å². The number of rotatable bonds is 5. The first-order valence-corrected chi connectivity index (χ1v) is 6.84. The number of nitrogens with one attached hydrogen (secondary N) is 1. The summed E-state index contributed by atoms with van der Waals surface area (Å²) in [5, 5.41) is 2.75. The van der Waals surface area contributed by atoms with Crippen LogP contribution in [-0.2, 0) is 4.79 Å². The molecule has 0 aliphatic carbocycles. The van der Waals surface area contributed by atoms with Gasteiger partial charge in [-0.1, -0.05) is 0 Å². The summed E-state index contributed by atoms with van der Waals surface area (Å²) in [7, 11) is 5.36. The van der Waals surface area contributed by atoms with Crippen molar-refractivity contribution in [3.63, 3.8) is 0 Å². The van der Waals surface area contributed by atoms with E-state index in [1.54, 1.807) is 25.2 Å². The van der Waals surface area contributed by atoms with Crippen LogP contribution in [0.5, 0.6) is 0 Å². The minimum atomic E-state index is -0.231. The van der Waals surface area contributed by atoms with Gasteiger partial charge in [0, 0.05) is 32.7 Å². The van der Waals surface area contributed by atoms with E-state index >= 15 is 0 Å². The summed E-state index contributed by atoms with van der Waals surface area (Å²) >= 11 is 0. The Balaban J connectivity index is 2.79. The molecular formula is C15H24N4O2. The van der Waals surface area contributed by atoms with Gasteiger partial charge in [-0.15, -0.1) is 0 Å². The zero-order chi connectivity index (χ0) is 16.2. The normalized spacial score (nSPS) is 10.4. The third-order valence-corrected chi connectivity index (χ3v) is 2.93. The average Bonchev–Trinajstić information content (AvgIpc) is 2.35. The molecule has 6 heteroatoms. The van der Waals surface area contributed by atoms with Gasteiger partial charge in [-0.3, -0.25) is 9.59 Å². The van der Waals surface area contributed by atoms with E-state index in [1.807, 2.05) is 32.8 Å². The highest BCUT2D eigenvalue weighted by atomic mass is 16.2. The summed E-state index contributed by atoms with van der Waals surface area (Å²) in [5.74, 6) is -0.412. The van der Waals surface area contributed by atoms with Crippen LogP contribution in [0, 0.1) is 0 Å². The van der Waals surface area contributed by atoms with Gasteiger partial charge < -0.3 is 20.9 Å². The number of nitrogens with zero attached hydrogens (tertiary/aromatic N) is 2. The van der Waals surface area contributed by atoms with Crippen molar-refractivity contribution >= 4 is 23.2 Å². The molecule has 0 aliphatic rings. The molecule has 0 aliphatic heterocycles. The first-order chi connectivity index (χ1) is 9.72. The molecule has 0 bridgehead atoms. The monoisotopic (exact) mass is 292 g/mol. The minimum Gasteiger partial charge on any atom is -0.397 e. The topological polar surface area (TPSA) is 78.7 Å². The molecule has 0 spiro atoms. The van der Waals surface area contributed by atoms with Crippen LogP contribution in [0.25, 0.3) is 0 Å².